The predicted octanol–water partition coefficient (Wildman–Crippen LogP) is 1.91. The van der Waals surface area contributed by atoms with Crippen molar-refractivity contribution >= 4 is 11.8 Å². The van der Waals surface area contributed by atoms with Crippen LogP contribution in [0.1, 0.15) is 25.8 Å². The molecular formula is C17H22N2O2. The lowest BCUT2D eigenvalue weighted by Crippen LogP contribution is -2.63. The number of nitrogens with one attached hydrogen (secondary N) is 1. The van der Waals surface area contributed by atoms with Gasteiger partial charge in [0.25, 0.3) is 0 Å². The molecule has 1 saturated heterocycles. The minimum Gasteiger partial charge on any atom is -0.342 e. The fraction of sp³-hybridized carbons (Fsp3) is 0.412. The van der Waals surface area contributed by atoms with Gasteiger partial charge >= 0.3 is 0 Å². The zero-order chi connectivity index (χ0) is 15.2. The summed E-state index contributed by atoms with van der Waals surface area (Å²) in [5, 5.41) is 2.84. The predicted molar refractivity (Wildman–Crippen MR) is 82.7 cm³/mol. The molecule has 0 aliphatic carbocycles. The molecule has 112 valence electrons. The van der Waals surface area contributed by atoms with Crippen LogP contribution >= 0.6 is 0 Å². The smallest absolute Gasteiger partial charge is 0.246 e. The summed E-state index contributed by atoms with van der Waals surface area (Å²) in [7, 11) is 0. The van der Waals surface area contributed by atoms with E-state index in [2.05, 4.69) is 5.32 Å². The molecular weight excluding hydrogens is 264 g/mol. The van der Waals surface area contributed by atoms with Gasteiger partial charge in [-0.3, -0.25) is 9.59 Å². The summed E-state index contributed by atoms with van der Waals surface area (Å²) < 4.78 is 0. The fourth-order valence-electron chi connectivity index (χ4n) is 2.56. The van der Waals surface area contributed by atoms with Crippen molar-refractivity contribution in [3.63, 3.8) is 0 Å². The molecule has 4 heteroatoms. The Bertz CT molecular complexity index is 525. The molecule has 1 heterocycles. The van der Waals surface area contributed by atoms with E-state index in [1.807, 2.05) is 49.4 Å². The summed E-state index contributed by atoms with van der Waals surface area (Å²) in [5.41, 5.74) is 1.05. The van der Waals surface area contributed by atoms with E-state index in [-0.39, 0.29) is 11.8 Å². The Kier molecular flexibility index (Phi) is 5.14. The molecule has 2 rings (SSSR count). The van der Waals surface area contributed by atoms with Gasteiger partial charge in [-0.1, -0.05) is 42.5 Å². The number of benzene rings is 1. The number of hydrogen-bond donors (Lipinski definition) is 1. The molecule has 0 bridgehead atoms. The van der Waals surface area contributed by atoms with Gasteiger partial charge in [0.05, 0.1) is 0 Å². The molecule has 2 unspecified atom stereocenters. The number of nitrogens with zero attached hydrogens (tertiary/aromatic N) is 1. The zero-order valence-electron chi connectivity index (χ0n) is 12.6. The van der Waals surface area contributed by atoms with Gasteiger partial charge in [0.1, 0.15) is 12.1 Å². The summed E-state index contributed by atoms with van der Waals surface area (Å²) in [5.74, 6) is -0.0635. The second-order valence-electron chi connectivity index (χ2n) is 5.32. The first kappa shape index (κ1) is 15.3. The maximum Gasteiger partial charge on any atom is 0.246 e. The molecule has 1 aromatic rings. The molecule has 0 spiro atoms. The lowest BCUT2D eigenvalue weighted by Gasteiger charge is -2.37. The van der Waals surface area contributed by atoms with E-state index >= 15 is 0 Å². The minimum atomic E-state index is -0.457. The molecule has 1 aliphatic heterocycles. The average Bonchev–Trinajstić information content (AvgIpc) is 2.49. The van der Waals surface area contributed by atoms with Crippen molar-refractivity contribution < 1.29 is 9.59 Å². The number of rotatable bonds is 5. The Morgan fingerprint density at radius 3 is 2.62 bits per heavy atom. The van der Waals surface area contributed by atoms with Gasteiger partial charge in [-0.2, -0.15) is 0 Å². The zero-order valence-corrected chi connectivity index (χ0v) is 12.6. The highest BCUT2D eigenvalue weighted by Gasteiger charge is 2.37. The highest BCUT2D eigenvalue weighted by Crippen LogP contribution is 2.14. The highest BCUT2D eigenvalue weighted by molar-refractivity contribution is 5.96. The van der Waals surface area contributed by atoms with E-state index in [1.54, 1.807) is 11.8 Å². The number of piperazine rings is 1. The number of carbonyl (C=O) groups excluding carboxylic acids is 2. The normalized spacial score (nSPS) is 22.7. The molecule has 1 fully saturated rings. The van der Waals surface area contributed by atoms with E-state index in [0.717, 1.165) is 12.0 Å². The monoisotopic (exact) mass is 286 g/mol. The quantitative estimate of drug-likeness (QED) is 0.841. The molecule has 0 radical (unpaired) electrons. The molecule has 1 N–H and O–H groups in total. The summed E-state index contributed by atoms with van der Waals surface area (Å²) in [6.07, 6.45) is 5.29. The Balaban J connectivity index is 2.08. The van der Waals surface area contributed by atoms with Crippen LogP contribution in [-0.4, -0.2) is 35.3 Å². The van der Waals surface area contributed by atoms with Crippen molar-refractivity contribution in [3.8, 4) is 0 Å². The maximum absolute atomic E-state index is 12.6. The van der Waals surface area contributed by atoms with Crippen LogP contribution in [0.25, 0.3) is 0 Å². The third kappa shape index (κ3) is 3.72. The third-order valence-electron chi connectivity index (χ3n) is 3.80. The number of allylic oxidation sites excluding steroid dienone is 1. The fourth-order valence-corrected chi connectivity index (χ4v) is 2.56. The van der Waals surface area contributed by atoms with Gasteiger partial charge < -0.3 is 10.2 Å². The second-order valence-corrected chi connectivity index (χ2v) is 5.32. The summed E-state index contributed by atoms with van der Waals surface area (Å²) >= 11 is 0. The van der Waals surface area contributed by atoms with Crippen LogP contribution in [0.2, 0.25) is 0 Å². The summed E-state index contributed by atoms with van der Waals surface area (Å²) in [6, 6.07) is 8.92. The molecule has 4 nitrogen and oxygen atoms in total. The molecule has 2 amide bonds. The van der Waals surface area contributed by atoms with E-state index in [4.69, 9.17) is 0 Å². The summed E-state index contributed by atoms with van der Waals surface area (Å²) in [4.78, 5) is 26.3. The largest absolute Gasteiger partial charge is 0.342 e. The van der Waals surface area contributed by atoms with E-state index in [9.17, 15) is 9.59 Å². The van der Waals surface area contributed by atoms with Gasteiger partial charge in [-0.25, -0.2) is 0 Å². The van der Waals surface area contributed by atoms with Crippen molar-refractivity contribution in [1.82, 2.24) is 10.2 Å². The Hall–Kier alpha value is -2.10. The number of hydrogen-bond acceptors (Lipinski definition) is 2. The van der Waals surface area contributed by atoms with Crippen LogP contribution in [-0.2, 0) is 16.0 Å². The molecule has 1 aliphatic rings. The van der Waals surface area contributed by atoms with Crippen molar-refractivity contribution in [3.05, 3.63) is 48.0 Å². The van der Waals surface area contributed by atoms with Crippen molar-refractivity contribution in [1.29, 1.82) is 0 Å². The summed E-state index contributed by atoms with van der Waals surface area (Å²) in [6.45, 7) is 4.32. The minimum absolute atomic E-state index is 0.00968. The first-order valence-corrected chi connectivity index (χ1v) is 7.39. The first-order chi connectivity index (χ1) is 10.1. The van der Waals surface area contributed by atoms with Crippen LogP contribution in [0.3, 0.4) is 0 Å². The molecule has 21 heavy (non-hydrogen) atoms. The van der Waals surface area contributed by atoms with Gasteiger partial charge in [-0.15, -0.1) is 0 Å². The van der Waals surface area contributed by atoms with E-state index in [1.165, 1.54) is 0 Å². The topological polar surface area (TPSA) is 49.4 Å². The lowest BCUT2D eigenvalue weighted by atomic mass is 10.0. The number of amides is 2. The third-order valence-corrected chi connectivity index (χ3v) is 3.80. The SMILES string of the molecule is C/C=C/CCN1C(=O)C(Cc2ccccc2)NC(=O)C1C. The Labute approximate surface area is 125 Å². The van der Waals surface area contributed by atoms with Gasteiger partial charge in [0, 0.05) is 13.0 Å². The average molecular weight is 286 g/mol. The van der Waals surface area contributed by atoms with Gasteiger partial charge in [0.15, 0.2) is 0 Å². The molecule has 2 atom stereocenters. The van der Waals surface area contributed by atoms with Crippen molar-refractivity contribution in [2.24, 2.45) is 0 Å². The van der Waals surface area contributed by atoms with E-state index in [0.29, 0.717) is 13.0 Å². The molecule has 1 aromatic carbocycles. The lowest BCUT2D eigenvalue weighted by molar-refractivity contribution is -0.148. The van der Waals surface area contributed by atoms with Crippen molar-refractivity contribution in [2.75, 3.05) is 6.54 Å². The van der Waals surface area contributed by atoms with Crippen LogP contribution < -0.4 is 5.32 Å². The van der Waals surface area contributed by atoms with Crippen LogP contribution in [0.5, 0.6) is 0 Å². The standard InChI is InChI=1S/C17H22N2O2/c1-3-4-8-11-19-13(2)16(20)18-15(17(19)21)12-14-9-6-5-7-10-14/h3-7,9-10,13,15H,8,11-12H2,1-2H3,(H,18,20)/b4-3+. The van der Waals surface area contributed by atoms with Crippen LogP contribution in [0.15, 0.2) is 42.5 Å². The maximum atomic E-state index is 12.6. The first-order valence-electron chi connectivity index (χ1n) is 7.39. The molecule has 0 saturated carbocycles. The van der Waals surface area contributed by atoms with Crippen LogP contribution in [0, 0.1) is 0 Å². The second kappa shape index (κ2) is 7.07. The molecule has 0 aromatic heterocycles. The van der Waals surface area contributed by atoms with Crippen molar-refractivity contribution in [2.45, 2.75) is 38.8 Å². The van der Waals surface area contributed by atoms with E-state index < -0.39 is 12.1 Å². The van der Waals surface area contributed by atoms with Crippen LogP contribution in [0.4, 0.5) is 0 Å². The highest BCUT2D eigenvalue weighted by atomic mass is 16.2. The number of carbonyl (C=O) groups is 2. The van der Waals surface area contributed by atoms with Gasteiger partial charge in [0.2, 0.25) is 11.8 Å². The van der Waals surface area contributed by atoms with Gasteiger partial charge in [-0.05, 0) is 25.8 Å². The Morgan fingerprint density at radius 1 is 1.24 bits per heavy atom. The Morgan fingerprint density at radius 2 is 1.95 bits per heavy atom.